The molecular formula is C22H20N3O3S+. The zero-order valence-corrected chi connectivity index (χ0v) is 16.6. The number of pyridine rings is 1. The summed E-state index contributed by atoms with van der Waals surface area (Å²) in [7, 11) is 0. The van der Waals surface area contributed by atoms with Crippen molar-refractivity contribution < 1.29 is 14.6 Å². The molecule has 0 aliphatic carbocycles. The van der Waals surface area contributed by atoms with Gasteiger partial charge in [-0.3, -0.25) is 10.1 Å². The molecule has 1 heterocycles. The first-order chi connectivity index (χ1) is 14.0. The lowest BCUT2D eigenvalue weighted by Gasteiger charge is -2.10. The van der Waals surface area contributed by atoms with E-state index in [1.807, 2.05) is 30.3 Å². The number of aliphatic hydroxyl groups is 1. The molecule has 3 rings (SSSR count). The van der Waals surface area contributed by atoms with Crippen molar-refractivity contribution in [2.24, 2.45) is 0 Å². The van der Waals surface area contributed by atoms with Crippen LogP contribution in [-0.2, 0) is 6.42 Å². The fraction of sp³-hybridized carbons (Fsp3) is 0.0909. The lowest BCUT2D eigenvalue weighted by atomic mass is 10.1. The standard InChI is InChI=1S/C22H19N3O3S/c1-2-16-9-11-18(12-10-16)23-22(29)20(24-13-4-3-5-14-24)21(26)17-7-6-8-19(15-17)25(27)28/h3-15H,2H2,1H3,(H-,23,26,29)/p+1. The van der Waals surface area contributed by atoms with E-state index in [-0.39, 0.29) is 16.4 Å². The molecule has 0 aliphatic heterocycles. The van der Waals surface area contributed by atoms with Crippen LogP contribution in [0.3, 0.4) is 0 Å². The highest BCUT2D eigenvalue weighted by atomic mass is 32.1. The Balaban J connectivity index is 2.04. The normalized spacial score (nSPS) is 11.5. The molecular weight excluding hydrogens is 386 g/mol. The number of aliphatic hydroxyl groups excluding tert-OH is 1. The van der Waals surface area contributed by atoms with E-state index < -0.39 is 4.92 Å². The average Bonchev–Trinajstić information content (AvgIpc) is 2.75. The van der Waals surface area contributed by atoms with Gasteiger partial charge >= 0.3 is 0 Å². The minimum atomic E-state index is -0.502. The van der Waals surface area contributed by atoms with E-state index in [1.165, 1.54) is 23.8 Å². The summed E-state index contributed by atoms with van der Waals surface area (Å²) in [4.78, 5) is 10.9. The molecule has 0 bridgehead atoms. The van der Waals surface area contributed by atoms with Gasteiger partial charge in [-0.05, 0) is 24.1 Å². The molecule has 0 saturated heterocycles. The van der Waals surface area contributed by atoms with Gasteiger partial charge in [0.25, 0.3) is 11.4 Å². The summed E-state index contributed by atoms with van der Waals surface area (Å²) >= 11 is 5.58. The second kappa shape index (κ2) is 9.07. The average molecular weight is 406 g/mol. The van der Waals surface area contributed by atoms with Gasteiger partial charge in [0.15, 0.2) is 23.1 Å². The number of hydrogen-bond donors (Lipinski definition) is 2. The van der Waals surface area contributed by atoms with E-state index in [0.29, 0.717) is 11.3 Å². The van der Waals surface area contributed by atoms with E-state index in [1.54, 1.807) is 35.2 Å². The van der Waals surface area contributed by atoms with Crippen molar-refractivity contribution in [3.8, 4) is 0 Å². The Morgan fingerprint density at radius 3 is 2.41 bits per heavy atom. The number of rotatable bonds is 6. The zero-order chi connectivity index (χ0) is 20.8. The Labute approximate surface area is 173 Å². The van der Waals surface area contributed by atoms with Crippen molar-refractivity contribution in [3.05, 3.63) is 100 Å². The van der Waals surface area contributed by atoms with E-state index in [0.717, 1.165) is 12.1 Å². The second-order valence-electron chi connectivity index (χ2n) is 6.29. The fourth-order valence-electron chi connectivity index (χ4n) is 2.81. The minimum Gasteiger partial charge on any atom is -0.502 e. The van der Waals surface area contributed by atoms with Crippen LogP contribution in [-0.4, -0.2) is 15.0 Å². The van der Waals surface area contributed by atoms with Gasteiger partial charge in [-0.1, -0.05) is 49.5 Å². The van der Waals surface area contributed by atoms with Crippen LogP contribution in [0.1, 0.15) is 18.1 Å². The van der Waals surface area contributed by atoms with Crippen LogP contribution in [0.2, 0.25) is 0 Å². The highest BCUT2D eigenvalue weighted by molar-refractivity contribution is 7.81. The third-order valence-corrected chi connectivity index (χ3v) is 4.66. The Kier molecular flexibility index (Phi) is 6.31. The maximum Gasteiger partial charge on any atom is 0.288 e. The molecule has 0 aliphatic rings. The third-order valence-electron chi connectivity index (χ3n) is 4.36. The van der Waals surface area contributed by atoms with Crippen LogP contribution in [0.4, 0.5) is 11.4 Å². The topological polar surface area (TPSA) is 79.3 Å². The van der Waals surface area contributed by atoms with E-state index >= 15 is 0 Å². The monoisotopic (exact) mass is 406 g/mol. The molecule has 6 nitrogen and oxygen atoms in total. The van der Waals surface area contributed by atoms with E-state index in [9.17, 15) is 15.2 Å². The lowest BCUT2D eigenvalue weighted by molar-refractivity contribution is -0.575. The van der Waals surface area contributed by atoms with Crippen molar-refractivity contribution >= 4 is 40.0 Å². The molecule has 0 unspecified atom stereocenters. The first-order valence-corrected chi connectivity index (χ1v) is 9.45. The van der Waals surface area contributed by atoms with Gasteiger partial charge in [-0.25, -0.2) is 0 Å². The maximum absolute atomic E-state index is 11.1. The van der Waals surface area contributed by atoms with Crippen molar-refractivity contribution in [1.82, 2.24) is 0 Å². The summed E-state index contributed by atoms with van der Waals surface area (Å²) in [6.07, 6.45) is 4.43. The molecule has 3 aromatic rings. The highest BCUT2D eigenvalue weighted by Crippen LogP contribution is 2.23. The molecule has 1 aromatic heterocycles. The summed E-state index contributed by atoms with van der Waals surface area (Å²) in [6.45, 7) is 2.08. The smallest absolute Gasteiger partial charge is 0.288 e. The van der Waals surface area contributed by atoms with Gasteiger partial charge in [0, 0.05) is 35.5 Å². The summed E-state index contributed by atoms with van der Waals surface area (Å²) < 4.78 is 1.67. The number of nitrogens with one attached hydrogen (secondary N) is 1. The fourth-order valence-corrected chi connectivity index (χ4v) is 3.13. The number of nitro groups is 1. The summed E-state index contributed by atoms with van der Waals surface area (Å²) in [5.74, 6) is -0.160. The number of nitrogens with zero attached hydrogens (tertiary/aromatic N) is 2. The number of benzene rings is 2. The minimum absolute atomic E-state index is 0.111. The lowest BCUT2D eigenvalue weighted by Crippen LogP contribution is -2.38. The zero-order valence-electron chi connectivity index (χ0n) is 15.8. The van der Waals surface area contributed by atoms with Crippen LogP contribution in [0.15, 0.2) is 79.1 Å². The molecule has 0 saturated carbocycles. The van der Waals surface area contributed by atoms with E-state index in [2.05, 4.69) is 12.2 Å². The van der Waals surface area contributed by atoms with Crippen LogP contribution >= 0.6 is 12.2 Å². The molecule has 2 aromatic carbocycles. The molecule has 0 spiro atoms. The van der Waals surface area contributed by atoms with Gasteiger partial charge in [-0.2, -0.15) is 4.57 Å². The first kappa shape index (κ1) is 20.2. The van der Waals surface area contributed by atoms with Crippen molar-refractivity contribution in [2.45, 2.75) is 13.3 Å². The summed E-state index contributed by atoms with van der Waals surface area (Å²) in [6, 6.07) is 19.1. The molecule has 0 amide bonds. The number of non-ortho nitro benzene ring substituents is 1. The first-order valence-electron chi connectivity index (χ1n) is 9.04. The third kappa shape index (κ3) is 4.83. The van der Waals surface area contributed by atoms with Crippen LogP contribution < -0.4 is 9.88 Å². The number of aromatic nitrogens is 1. The molecule has 146 valence electrons. The number of anilines is 1. The van der Waals surface area contributed by atoms with Crippen molar-refractivity contribution in [2.75, 3.05) is 5.32 Å². The molecule has 0 radical (unpaired) electrons. The Morgan fingerprint density at radius 2 is 1.79 bits per heavy atom. The van der Waals surface area contributed by atoms with Crippen LogP contribution in [0.5, 0.6) is 0 Å². The number of hydrogen-bond acceptors (Lipinski definition) is 4. The van der Waals surface area contributed by atoms with Gasteiger partial charge in [0.2, 0.25) is 0 Å². The van der Waals surface area contributed by atoms with Gasteiger partial charge < -0.3 is 10.4 Å². The molecule has 2 N–H and O–H groups in total. The molecule has 0 fully saturated rings. The van der Waals surface area contributed by atoms with Crippen LogP contribution in [0.25, 0.3) is 11.5 Å². The molecule has 0 atom stereocenters. The van der Waals surface area contributed by atoms with E-state index in [4.69, 9.17) is 12.2 Å². The molecule has 7 heteroatoms. The van der Waals surface area contributed by atoms with Gasteiger partial charge in [0.1, 0.15) is 0 Å². The quantitative estimate of drug-likeness (QED) is 0.154. The largest absolute Gasteiger partial charge is 0.502 e. The summed E-state index contributed by atoms with van der Waals surface area (Å²) in [5.41, 5.74) is 2.50. The predicted molar refractivity (Wildman–Crippen MR) is 118 cm³/mol. The summed E-state index contributed by atoms with van der Waals surface area (Å²) in [5, 5.41) is 25.2. The number of nitro benzene ring substituents is 1. The second-order valence-corrected chi connectivity index (χ2v) is 6.70. The SMILES string of the molecule is CCc1ccc(NC(=S)/C(=C(/O)c2cccc([N+](=O)[O-])c2)[n+]2ccccc2)cc1. The van der Waals surface area contributed by atoms with Gasteiger partial charge in [0.05, 0.1) is 4.92 Å². The number of aryl methyl sites for hydroxylation is 1. The highest BCUT2D eigenvalue weighted by Gasteiger charge is 2.24. The maximum atomic E-state index is 11.1. The van der Waals surface area contributed by atoms with Crippen molar-refractivity contribution in [3.63, 3.8) is 0 Å². The Morgan fingerprint density at radius 1 is 1.10 bits per heavy atom. The number of thiocarbonyl (C=S) groups is 1. The predicted octanol–water partition coefficient (Wildman–Crippen LogP) is 4.77. The van der Waals surface area contributed by atoms with Gasteiger partial charge in [-0.15, -0.1) is 0 Å². The van der Waals surface area contributed by atoms with Crippen LogP contribution in [0, 0.1) is 10.1 Å². The Hall–Kier alpha value is -3.58. The van der Waals surface area contributed by atoms with Crippen molar-refractivity contribution in [1.29, 1.82) is 0 Å². The Bertz CT molecular complexity index is 1060. The molecule has 29 heavy (non-hydrogen) atoms.